The Morgan fingerprint density at radius 3 is 2.45 bits per heavy atom. The fourth-order valence-corrected chi connectivity index (χ4v) is 5.23. The summed E-state index contributed by atoms with van der Waals surface area (Å²) in [6.07, 6.45) is 3.64. The van der Waals surface area contributed by atoms with Crippen LogP contribution in [-0.2, 0) is 11.3 Å². The van der Waals surface area contributed by atoms with E-state index in [-0.39, 0.29) is 11.8 Å². The highest BCUT2D eigenvalue weighted by Crippen LogP contribution is 2.25. The van der Waals surface area contributed by atoms with E-state index >= 15 is 0 Å². The maximum atomic E-state index is 12.9. The molecule has 1 amide bonds. The van der Waals surface area contributed by atoms with E-state index in [1.165, 1.54) is 11.3 Å². The summed E-state index contributed by atoms with van der Waals surface area (Å²) < 4.78 is 0. The van der Waals surface area contributed by atoms with Crippen LogP contribution in [0.5, 0.6) is 0 Å². The van der Waals surface area contributed by atoms with E-state index in [2.05, 4.69) is 92.7 Å². The number of hydrogen-bond donors (Lipinski definition) is 2. The third-order valence-electron chi connectivity index (χ3n) is 7.65. The van der Waals surface area contributed by atoms with Crippen molar-refractivity contribution >= 4 is 29.0 Å². The molecule has 0 unspecified atom stereocenters. The molecule has 8 nitrogen and oxygen atoms in total. The monoisotopic (exact) mass is 513 g/mol. The summed E-state index contributed by atoms with van der Waals surface area (Å²) in [4.78, 5) is 29.2. The van der Waals surface area contributed by atoms with Gasteiger partial charge in [-0.3, -0.25) is 4.79 Å². The van der Waals surface area contributed by atoms with Gasteiger partial charge in [0.05, 0.1) is 5.92 Å². The summed E-state index contributed by atoms with van der Waals surface area (Å²) >= 11 is 0. The zero-order chi connectivity index (χ0) is 26.3. The van der Waals surface area contributed by atoms with Crippen molar-refractivity contribution in [3.05, 3.63) is 71.9 Å². The Balaban J connectivity index is 1.16. The number of anilines is 4. The molecule has 2 N–H and O–H groups in total. The summed E-state index contributed by atoms with van der Waals surface area (Å²) in [7, 11) is 0. The SMILES string of the molecule is CCN1CCN(c2ccc(Nc3nccc(N4CCC[C@H](C(=O)NCc5ccc(C)cc5)C4)n3)cc2)CC1. The Bertz CT molecular complexity index is 1190. The fourth-order valence-electron chi connectivity index (χ4n) is 5.23. The predicted molar refractivity (Wildman–Crippen MR) is 154 cm³/mol. The quantitative estimate of drug-likeness (QED) is 0.467. The summed E-state index contributed by atoms with van der Waals surface area (Å²) in [6.45, 7) is 11.9. The number of amides is 1. The summed E-state index contributed by atoms with van der Waals surface area (Å²) in [6, 6.07) is 18.7. The highest BCUT2D eigenvalue weighted by molar-refractivity contribution is 5.79. The zero-order valence-electron chi connectivity index (χ0n) is 22.6. The van der Waals surface area contributed by atoms with E-state index in [1.807, 2.05) is 6.07 Å². The smallest absolute Gasteiger partial charge is 0.229 e. The maximum Gasteiger partial charge on any atom is 0.229 e. The zero-order valence-corrected chi connectivity index (χ0v) is 22.6. The molecule has 0 bridgehead atoms. The summed E-state index contributed by atoms with van der Waals surface area (Å²) in [5.41, 5.74) is 4.56. The van der Waals surface area contributed by atoms with Crippen LogP contribution < -0.4 is 20.4 Å². The Morgan fingerprint density at radius 2 is 1.71 bits per heavy atom. The maximum absolute atomic E-state index is 12.9. The minimum absolute atomic E-state index is 0.0488. The van der Waals surface area contributed by atoms with Crippen molar-refractivity contribution in [3.63, 3.8) is 0 Å². The number of hydrogen-bond acceptors (Lipinski definition) is 7. The topological polar surface area (TPSA) is 76.6 Å². The lowest BCUT2D eigenvalue weighted by Crippen LogP contribution is -2.46. The van der Waals surface area contributed by atoms with Crippen molar-refractivity contribution in [1.82, 2.24) is 20.2 Å². The van der Waals surface area contributed by atoms with E-state index in [1.54, 1.807) is 6.20 Å². The Labute approximate surface area is 226 Å². The normalized spacial score (nSPS) is 18.3. The minimum atomic E-state index is -0.0488. The first kappa shape index (κ1) is 26.0. The highest BCUT2D eigenvalue weighted by Gasteiger charge is 2.26. The first-order chi connectivity index (χ1) is 18.6. The molecule has 0 saturated carbocycles. The molecule has 3 aromatic rings. The molecule has 0 spiro atoms. The van der Waals surface area contributed by atoms with Gasteiger partial charge in [0.15, 0.2) is 0 Å². The molecule has 38 heavy (non-hydrogen) atoms. The van der Waals surface area contributed by atoms with Gasteiger partial charge in [-0.2, -0.15) is 4.98 Å². The van der Waals surface area contributed by atoms with Gasteiger partial charge >= 0.3 is 0 Å². The van der Waals surface area contributed by atoms with E-state index < -0.39 is 0 Å². The highest BCUT2D eigenvalue weighted by atomic mass is 16.1. The van der Waals surface area contributed by atoms with Crippen molar-refractivity contribution in [2.24, 2.45) is 5.92 Å². The van der Waals surface area contributed by atoms with Gasteiger partial charge in [0.2, 0.25) is 11.9 Å². The second-order valence-corrected chi connectivity index (χ2v) is 10.3. The van der Waals surface area contributed by atoms with Crippen LogP contribution in [0.15, 0.2) is 60.8 Å². The van der Waals surface area contributed by atoms with Crippen molar-refractivity contribution in [1.29, 1.82) is 0 Å². The molecule has 8 heteroatoms. The standard InChI is InChI=1S/C30H39N7O/c1-3-35-17-19-36(20-18-35)27-12-10-26(11-13-27)33-30-31-15-14-28(34-30)37-16-4-5-25(22-37)29(38)32-21-24-8-6-23(2)7-9-24/h6-15,25H,3-5,16-22H2,1-2H3,(H,32,38)(H,31,33,34)/t25-/m0/s1. The Hall–Kier alpha value is -3.65. The van der Waals surface area contributed by atoms with Gasteiger partial charge in [-0.25, -0.2) is 4.98 Å². The Kier molecular flexibility index (Phi) is 8.38. The number of piperidine rings is 1. The van der Waals surface area contributed by atoms with E-state index in [0.717, 1.165) is 69.2 Å². The van der Waals surface area contributed by atoms with Gasteiger partial charge in [-0.15, -0.1) is 0 Å². The molecule has 3 heterocycles. The molecule has 200 valence electrons. The van der Waals surface area contributed by atoms with Crippen LogP contribution in [0, 0.1) is 12.8 Å². The fraction of sp³-hybridized carbons (Fsp3) is 0.433. The van der Waals surface area contributed by atoms with Crippen LogP contribution >= 0.6 is 0 Å². The number of piperazine rings is 1. The van der Waals surface area contributed by atoms with Crippen LogP contribution in [0.4, 0.5) is 23.1 Å². The first-order valence-corrected chi connectivity index (χ1v) is 13.8. The number of aryl methyl sites for hydroxylation is 1. The third-order valence-corrected chi connectivity index (χ3v) is 7.65. The van der Waals surface area contributed by atoms with E-state index in [9.17, 15) is 4.79 Å². The van der Waals surface area contributed by atoms with Crippen molar-refractivity contribution in [2.75, 3.05) is 60.9 Å². The van der Waals surface area contributed by atoms with Gasteiger partial charge < -0.3 is 25.3 Å². The summed E-state index contributed by atoms with van der Waals surface area (Å²) in [5.74, 6) is 1.48. The van der Waals surface area contributed by atoms with Crippen LogP contribution in [0.1, 0.15) is 30.9 Å². The van der Waals surface area contributed by atoms with Crippen molar-refractivity contribution in [3.8, 4) is 0 Å². The number of benzene rings is 2. The van der Waals surface area contributed by atoms with Crippen molar-refractivity contribution in [2.45, 2.75) is 33.2 Å². The van der Waals surface area contributed by atoms with Gasteiger partial charge in [0.1, 0.15) is 5.82 Å². The molecule has 5 rings (SSSR count). The lowest BCUT2D eigenvalue weighted by molar-refractivity contribution is -0.125. The number of nitrogens with zero attached hydrogens (tertiary/aromatic N) is 5. The molecule has 0 aliphatic carbocycles. The third kappa shape index (κ3) is 6.61. The number of rotatable bonds is 8. The predicted octanol–water partition coefficient (Wildman–Crippen LogP) is 4.20. The largest absolute Gasteiger partial charge is 0.369 e. The summed E-state index contributed by atoms with van der Waals surface area (Å²) in [5, 5.41) is 6.47. The lowest BCUT2D eigenvalue weighted by atomic mass is 9.97. The van der Waals surface area contributed by atoms with Gasteiger partial charge in [0, 0.05) is 63.4 Å². The average molecular weight is 514 g/mol. The second-order valence-electron chi connectivity index (χ2n) is 10.3. The molecular weight excluding hydrogens is 474 g/mol. The van der Waals surface area contributed by atoms with Crippen LogP contribution in [-0.4, -0.2) is 66.6 Å². The van der Waals surface area contributed by atoms with Gasteiger partial charge in [0.25, 0.3) is 0 Å². The molecule has 2 saturated heterocycles. The van der Waals surface area contributed by atoms with E-state index in [4.69, 9.17) is 4.98 Å². The van der Waals surface area contributed by atoms with Crippen LogP contribution in [0.25, 0.3) is 0 Å². The van der Waals surface area contributed by atoms with Crippen molar-refractivity contribution < 1.29 is 4.79 Å². The first-order valence-electron chi connectivity index (χ1n) is 13.8. The molecule has 2 aliphatic rings. The number of aromatic nitrogens is 2. The number of carbonyl (C=O) groups excluding carboxylic acids is 1. The number of carbonyl (C=O) groups is 1. The number of likely N-dealkylation sites (N-methyl/N-ethyl adjacent to an activating group) is 1. The lowest BCUT2D eigenvalue weighted by Gasteiger charge is -2.35. The molecule has 2 aromatic carbocycles. The second kappa shape index (κ2) is 12.3. The van der Waals surface area contributed by atoms with Gasteiger partial charge in [-0.1, -0.05) is 36.8 Å². The molecule has 0 radical (unpaired) electrons. The van der Waals surface area contributed by atoms with Crippen LogP contribution in [0.2, 0.25) is 0 Å². The minimum Gasteiger partial charge on any atom is -0.369 e. The molecule has 1 atom stereocenters. The molecule has 2 fully saturated rings. The average Bonchev–Trinajstić information content (AvgIpc) is 2.97. The Morgan fingerprint density at radius 1 is 0.947 bits per heavy atom. The van der Waals surface area contributed by atoms with Gasteiger partial charge in [-0.05, 0) is 62.2 Å². The molecule has 2 aliphatic heterocycles. The molecule has 1 aromatic heterocycles. The van der Waals surface area contributed by atoms with E-state index in [0.29, 0.717) is 19.0 Å². The van der Waals surface area contributed by atoms with Crippen LogP contribution in [0.3, 0.4) is 0 Å². The molecular formula is C30H39N7O. The number of nitrogens with one attached hydrogen (secondary N) is 2.